The molecule has 1 aliphatic carbocycles. The average Bonchev–Trinajstić information content (AvgIpc) is 2.10. The van der Waals surface area contributed by atoms with Gasteiger partial charge in [-0.25, -0.2) is 0 Å². The Morgan fingerprint density at radius 3 is 1.90 bits per heavy atom. The van der Waals surface area contributed by atoms with Crippen LogP contribution in [0.1, 0.15) is 45.4 Å². The molecule has 0 spiro atoms. The Hall–Kier alpha value is -0.0400. The van der Waals surface area contributed by atoms with Crippen molar-refractivity contribution in [3.8, 4) is 0 Å². The molecule has 2 N–H and O–H groups in total. The highest BCUT2D eigenvalue weighted by Crippen LogP contribution is 2.25. The highest BCUT2D eigenvalue weighted by molar-refractivity contribution is 4.63. The third-order valence-electron chi connectivity index (χ3n) is 2.30. The molecule has 10 heavy (non-hydrogen) atoms. The second-order valence-electron chi connectivity index (χ2n) is 2.91. The molecule has 1 saturated carbocycles. The number of rotatable bonds is 1. The minimum Gasteiger partial charge on any atom is -0.333 e. The lowest BCUT2D eigenvalue weighted by Crippen LogP contribution is -2.03. The van der Waals surface area contributed by atoms with Gasteiger partial charge in [0.1, 0.15) is 0 Å². The predicted molar refractivity (Wildman–Crippen MR) is 47.0 cm³/mol. The van der Waals surface area contributed by atoms with Crippen molar-refractivity contribution >= 4 is 0 Å². The Labute approximate surface area is 65.0 Å². The van der Waals surface area contributed by atoms with Crippen molar-refractivity contribution in [2.75, 3.05) is 7.05 Å². The van der Waals surface area contributed by atoms with Crippen LogP contribution in [0.15, 0.2) is 0 Å². The van der Waals surface area contributed by atoms with Crippen LogP contribution in [0.25, 0.3) is 0 Å². The monoisotopic (exact) mass is 143 g/mol. The Morgan fingerprint density at radius 2 is 1.60 bits per heavy atom. The number of hydrogen-bond acceptors (Lipinski definition) is 1. The average molecular weight is 143 g/mol. The molecule has 1 fully saturated rings. The van der Waals surface area contributed by atoms with Gasteiger partial charge in [-0.1, -0.05) is 45.4 Å². The van der Waals surface area contributed by atoms with Crippen LogP contribution in [0.3, 0.4) is 0 Å². The Bertz CT molecular complexity index is 55.7. The molecule has 0 aromatic heterocycles. The first-order chi connectivity index (χ1) is 4.93. The molecule has 0 amide bonds. The van der Waals surface area contributed by atoms with Gasteiger partial charge in [-0.3, -0.25) is 0 Å². The Kier molecular flexibility index (Phi) is 7.04. The van der Waals surface area contributed by atoms with Crippen molar-refractivity contribution in [1.29, 1.82) is 0 Å². The Morgan fingerprint density at radius 1 is 1.10 bits per heavy atom. The molecule has 0 saturated heterocycles. The summed E-state index contributed by atoms with van der Waals surface area (Å²) >= 11 is 0. The van der Waals surface area contributed by atoms with E-state index in [1.807, 2.05) is 0 Å². The van der Waals surface area contributed by atoms with Gasteiger partial charge in [0.05, 0.1) is 0 Å². The molecule has 0 atom stereocenters. The predicted octanol–water partition coefficient (Wildman–Crippen LogP) is 2.55. The fraction of sp³-hybridized carbons (Fsp3) is 1.00. The van der Waals surface area contributed by atoms with Gasteiger partial charge in [0.15, 0.2) is 0 Å². The van der Waals surface area contributed by atoms with E-state index in [0.29, 0.717) is 0 Å². The lowest BCUT2D eigenvalue weighted by atomic mass is 9.88. The molecule has 0 radical (unpaired) electrons. The first-order valence-corrected chi connectivity index (χ1v) is 4.51. The lowest BCUT2D eigenvalue weighted by molar-refractivity contribution is 0.349. The smallest absolute Gasteiger partial charge is 0.0195 e. The summed E-state index contributed by atoms with van der Waals surface area (Å²) in [5.41, 5.74) is 4.50. The third kappa shape index (κ3) is 3.89. The minimum absolute atomic E-state index is 1.09. The van der Waals surface area contributed by atoms with E-state index in [4.69, 9.17) is 0 Å². The van der Waals surface area contributed by atoms with E-state index in [9.17, 15) is 0 Å². The molecule has 0 aromatic rings. The summed E-state index contributed by atoms with van der Waals surface area (Å²) in [4.78, 5) is 0. The Balaban J connectivity index is 0.000000371. The summed E-state index contributed by atoms with van der Waals surface area (Å²) in [6, 6.07) is 0. The molecule has 62 valence electrons. The highest BCUT2D eigenvalue weighted by Gasteiger charge is 2.09. The van der Waals surface area contributed by atoms with E-state index >= 15 is 0 Å². The van der Waals surface area contributed by atoms with E-state index in [-0.39, 0.29) is 0 Å². The topological polar surface area (TPSA) is 26.0 Å². The van der Waals surface area contributed by atoms with E-state index in [1.165, 1.54) is 45.6 Å². The minimum atomic E-state index is 1.09. The van der Waals surface area contributed by atoms with Crippen molar-refractivity contribution in [2.24, 2.45) is 11.7 Å². The lowest BCUT2D eigenvalue weighted by Gasteiger charge is -2.18. The maximum absolute atomic E-state index is 4.50. The van der Waals surface area contributed by atoms with E-state index in [0.717, 1.165) is 5.92 Å². The number of hydrogen-bond donors (Lipinski definition) is 1. The van der Waals surface area contributed by atoms with Crippen LogP contribution >= 0.6 is 0 Å². The molecule has 1 nitrogen and oxygen atoms in total. The van der Waals surface area contributed by atoms with Gasteiger partial charge in [-0.15, -0.1) is 0 Å². The summed E-state index contributed by atoms with van der Waals surface area (Å²) < 4.78 is 0. The van der Waals surface area contributed by atoms with E-state index in [1.54, 1.807) is 0 Å². The quantitative estimate of drug-likeness (QED) is 0.600. The van der Waals surface area contributed by atoms with Gasteiger partial charge in [0.2, 0.25) is 0 Å². The van der Waals surface area contributed by atoms with E-state index < -0.39 is 0 Å². The van der Waals surface area contributed by atoms with Crippen molar-refractivity contribution in [1.82, 2.24) is 0 Å². The van der Waals surface area contributed by atoms with Crippen molar-refractivity contribution in [3.05, 3.63) is 0 Å². The van der Waals surface area contributed by atoms with Crippen molar-refractivity contribution < 1.29 is 0 Å². The van der Waals surface area contributed by atoms with Gasteiger partial charge in [-0.2, -0.15) is 0 Å². The van der Waals surface area contributed by atoms with Gasteiger partial charge >= 0.3 is 0 Å². The van der Waals surface area contributed by atoms with Gasteiger partial charge in [0.25, 0.3) is 0 Å². The third-order valence-corrected chi connectivity index (χ3v) is 2.30. The molecule has 0 unspecified atom stereocenters. The zero-order chi connectivity index (χ0) is 7.82. The van der Waals surface area contributed by atoms with Crippen LogP contribution in [0.5, 0.6) is 0 Å². The number of nitrogens with two attached hydrogens (primary N) is 1. The summed E-state index contributed by atoms with van der Waals surface area (Å²) in [7, 11) is 1.50. The molecule has 1 aliphatic rings. The van der Waals surface area contributed by atoms with Crippen LogP contribution < -0.4 is 5.73 Å². The first-order valence-electron chi connectivity index (χ1n) is 4.51. The molecule has 0 bridgehead atoms. The van der Waals surface area contributed by atoms with Crippen LogP contribution in [0.2, 0.25) is 0 Å². The van der Waals surface area contributed by atoms with Crippen molar-refractivity contribution in [2.45, 2.75) is 45.4 Å². The first kappa shape index (κ1) is 9.96. The van der Waals surface area contributed by atoms with Crippen LogP contribution in [0.4, 0.5) is 0 Å². The zero-order valence-electron chi connectivity index (χ0n) is 7.40. The summed E-state index contributed by atoms with van der Waals surface area (Å²) in [5, 5.41) is 0. The fourth-order valence-corrected chi connectivity index (χ4v) is 1.60. The van der Waals surface area contributed by atoms with Crippen LogP contribution in [-0.4, -0.2) is 7.05 Å². The highest BCUT2D eigenvalue weighted by atomic mass is 14.4. The second-order valence-corrected chi connectivity index (χ2v) is 2.91. The molecular formula is C9H21N. The molecule has 1 heteroatoms. The fourth-order valence-electron chi connectivity index (χ4n) is 1.60. The molecule has 1 rings (SSSR count). The van der Waals surface area contributed by atoms with Gasteiger partial charge in [0, 0.05) is 0 Å². The SMILES string of the molecule is CCC1CCCCC1.CN. The second kappa shape index (κ2) is 7.07. The molecular weight excluding hydrogens is 122 g/mol. The largest absolute Gasteiger partial charge is 0.333 e. The van der Waals surface area contributed by atoms with Crippen molar-refractivity contribution in [3.63, 3.8) is 0 Å². The van der Waals surface area contributed by atoms with Gasteiger partial charge in [-0.05, 0) is 13.0 Å². The van der Waals surface area contributed by atoms with Crippen LogP contribution in [-0.2, 0) is 0 Å². The zero-order valence-corrected chi connectivity index (χ0v) is 7.40. The normalized spacial score (nSPS) is 19.5. The van der Waals surface area contributed by atoms with E-state index in [2.05, 4.69) is 12.7 Å². The van der Waals surface area contributed by atoms with Crippen LogP contribution in [0, 0.1) is 5.92 Å². The summed E-state index contributed by atoms with van der Waals surface area (Å²) in [6.45, 7) is 2.32. The summed E-state index contributed by atoms with van der Waals surface area (Å²) in [5.74, 6) is 1.09. The molecule has 0 aliphatic heterocycles. The van der Waals surface area contributed by atoms with Gasteiger partial charge < -0.3 is 5.73 Å². The maximum Gasteiger partial charge on any atom is -0.0195 e. The standard InChI is InChI=1S/C8H16.CH5N/c1-2-8-6-4-3-5-7-8;1-2/h8H,2-7H2,1H3;2H2,1H3. The maximum atomic E-state index is 4.50. The molecule has 0 heterocycles. The summed E-state index contributed by atoms with van der Waals surface area (Å²) in [6.07, 6.45) is 8.93. The molecule has 0 aromatic carbocycles.